The molecule has 6 heteroatoms. The first-order valence-corrected chi connectivity index (χ1v) is 9.20. The summed E-state index contributed by atoms with van der Waals surface area (Å²) in [7, 11) is 0. The molecule has 1 amide bonds. The molecule has 1 N–H and O–H groups in total. The number of para-hydroxylation sites is 1. The van der Waals surface area contributed by atoms with E-state index in [1.807, 2.05) is 35.7 Å². The molecule has 3 rings (SSSR count). The third-order valence-corrected chi connectivity index (χ3v) is 4.59. The number of carbonyl (C=O) groups is 1. The highest BCUT2D eigenvalue weighted by Crippen LogP contribution is 2.15. The number of halogens is 1. The third kappa shape index (κ3) is 5.39. The molecule has 0 saturated heterocycles. The summed E-state index contributed by atoms with van der Waals surface area (Å²) >= 11 is 1.47. The number of thiazole rings is 1. The fraction of sp³-hybridized carbons (Fsp3) is 0.200. The minimum Gasteiger partial charge on any atom is -0.486 e. The third-order valence-electron chi connectivity index (χ3n) is 3.72. The van der Waals surface area contributed by atoms with E-state index in [0.29, 0.717) is 30.8 Å². The predicted octanol–water partition coefficient (Wildman–Crippen LogP) is 3.76. The molecule has 1 aromatic heterocycles. The number of hydrogen-bond acceptors (Lipinski definition) is 4. The van der Waals surface area contributed by atoms with Gasteiger partial charge in [0, 0.05) is 11.9 Å². The maximum atomic E-state index is 13.5. The maximum Gasteiger partial charge on any atom is 0.226 e. The smallest absolute Gasteiger partial charge is 0.226 e. The molecule has 0 aliphatic heterocycles. The lowest BCUT2D eigenvalue weighted by molar-refractivity contribution is -0.120. The van der Waals surface area contributed by atoms with Crippen molar-refractivity contribution in [3.05, 3.63) is 82.1 Å². The van der Waals surface area contributed by atoms with Crippen LogP contribution in [0, 0.1) is 5.82 Å². The van der Waals surface area contributed by atoms with E-state index in [2.05, 4.69) is 10.3 Å². The lowest BCUT2D eigenvalue weighted by atomic mass is 10.1. The molecule has 0 aliphatic carbocycles. The largest absolute Gasteiger partial charge is 0.486 e. The van der Waals surface area contributed by atoms with Crippen molar-refractivity contribution in [2.45, 2.75) is 19.4 Å². The topological polar surface area (TPSA) is 51.2 Å². The summed E-state index contributed by atoms with van der Waals surface area (Å²) in [5.41, 5.74) is 1.31. The van der Waals surface area contributed by atoms with Crippen LogP contribution in [0.1, 0.15) is 16.3 Å². The molecule has 0 radical (unpaired) electrons. The first-order chi connectivity index (χ1) is 12.7. The molecule has 0 saturated carbocycles. The highest BCUT2D eigenvalue weighted by molar-refractivity contribution is 7.09. The number of rotatable bonds is 8. The summed E-state index contributed by atoms with van der Waals surface area (Å²) in [5.74, 6) is 0.418. The van der Waals surface area contributed by atoms with Gasteiger partial charge in [-0.25, -0.2) is 9.37 Å². The zero-order valence-corrected chi connectivity index (χ0v) is 15.0. The van der Waals surface area contributed by atoms with E-state index in [4.69, 9.17) is 4.74 Å². The van der Waals surface area contributed by atoms with E-state index in [1.165, 1.54) is 17.4 Å². The van der Waals surface area contributed by atoms with Gasteiger partial charge in [-0.3, -0.25) is 4.79 Å². The summed E-state index contributed by atoms with van der Waals surface area (Å²) in [4.78, 5) is 16.4. The summed E-state index contributed by atoms with van der Waals surface area (Å²) in [6.07, 6.45) is 0.671. The first-order valence-electron chi connectivity index (χ1n) is 8.32. The van der Waals surface area contributed by atoms with Crippen molar-refractivity contribution >= 4 is 17.2 Å². The van der Waals surface area contributed by atoms with E-state index in [-0.39, 0.29) is 18.1 Å². The van der Waals surface area contributed by atoms with Gasteiger partial charge in [0.2, 0.25) is 5.91 Å². The number of nitrogens with zero attached hydrogens (tertiary/aromatic N) is 1. The molecule has 0 unspecified atom stereocenters. The van der Waals surface area contributed by atoms with Crippen LogP contribution in [-0.4, -0.2) is 17.4 Å². The lowest BCUT2D eigenvalue weighted by Crippen LogP contribution is -2.27. The number of aromatic nitrogens is 1. The van der Waals surface area contributed by atoms with Crippen LogP contribution in [-0.2, 0) is 24.2 Å². The van der Waals surface area contributed by atoms with Crippen LogP contribution in [0.5, 0.6) is 5.75 Å². The van der Waals surface area contributed by atoms with Crippen molar-refractivity contribution in [1.82, 2.24) is 10.3 Å². The van der Waals surface area contributed by atoms with Crippen LogP contribution >= 0.6 is 11.3 Å². The Hall–Kier alpha value is -2.73. The molecule has 0 atom stereocenters. The molecule has 0 spiro atoms. The van der Waals surface area contributed by atoms with Crippen LogP contribution in [0.15, 0.2) is 60.0 Å². The number of benzene rings is 2. The van der Waals surface area contributed by atoms with Crippen LogP contribution in [0.4, 0.5) is 4.39 Å². The lowest BCUT2D eigenvalue weighted by Gasteiger charge is -2.05. The van der Waals surface area contributed by atoms with Crippen LogP contribution in [0.2, 0.25) is 0 Å². The Morgan fingerprint density at radius 3 is 2.69 bits per heavy atom. The highest BCUT2D eigenvalue weighted by Gasteiger charge is 2.09. The quantitative estimate of drug-likeness (QED) is 0.657. The monoisotopic (exact) mass is 370 g/mol. The first kappa shape index (κ1) is 18.1. The average molecular weight is 370 g/mol. The second-order valence-corrected chi connectivity index (χ2v) is 6.65. The average Bonchev–Trinajstić information content (AvgIpc) is 3.10. The zero-order chi connectivity index (χ0) is 18.2. The van der Waals surface area contributed by atoms with Crippen molar-refractivity contribution in [1.29, 1.82) is 0 Å². The van der Waals surface area contributed by atoms with Gasteiger partial charge >= 0.3 is 0 Å². The molecule has 3 aromatic rings. The Balaban J connectivity index is 1.42. The van der Waals surface area contributed by atoms with E-state index in [0.717, 1.165) is 10.8 Å². The number of nitrogens with one attached hydrogen (secondary N) is 1. The zero-order valence-electron chi connectivity index (χ0n) is 14.2. The Morgan fingerprint density at radius 1 is 1.12 bits per heavy atom. The van der Waals surface area contributed by atoms with Crippen molar-refractivity contribution in [2.75, 3.05) is 6.54 Å². The maximum absolute atomic E-state index is 13.5. The Morgan fingerprint density at radius 2 is 1.88 bits per heavy atom. The minimum absolute atomic E-state index is 0.123. The molecule has 0 aliphatic rings. The second-order valence-electron chi connectivity index (χ2n) is 5.70. The molecule has 134 valence electrons. The van der Waals surface area contributed by atoms with Crippen LogP contribution in [0.3, 0.4) is 0 Å². The summed E-state index contributed by atoms with van der Waals surface area (Å²) in [6.45, 7) is 0.775. The normalized spacial score (nSPS) is 10.5. The number of carbonyl (C=O) groups excluding carboxylic acids is 1. The van der Waals surface area contributed by atoms with E-state index in [1.54, 1.807) is 18.2 Å². The van der Waals surface area contributed by atoms with Crippen LogP contribution in [0.25, 0.3) is 0 Å². The van der Waals surface area contributed by atoms with Crippen molar-refractivity contribution in [3.8, 4) is 5.75 Å². The van der Waals surface area contributed by atoms with Gasteiger partial charge in [-0.05, 0) is 30.2 Å². The minimum atomic E-state index is -0.246. The Labute approximate surface area is 155 Å². The van der Waals surface area contributed by atoms with Crippen molar-refractivity contribution in [3.63, 3.8) is 0 Å². The molecule has 26 heavy (non-hydrogen) atoms. The molecule has 1 heterocycles. The van der Waals surface area contributed by atoms with Gasteiger partial charge in [0.1, 0.15) is 23.2 Å². The summed E-state index contributed by atoms with van der Waals surface area (Å²) in [5, 5.41) is 5.49. The van der Waals surface area contributed by atoms with Gasteiger partial charge in [-0.1, -0.05) is 36.4 Å². The SMILES string of the molecule is O=C(Cc1csc(COc2ccccc2)n1)NCCc1ccccc1F. The van der Waals surface area contributed by atoms with Crippen LogP contribution < -0.4 is 10.1 Å². The molecular weight excluding hydrogens is 351 g/mol. The summed E-state index contributed by atoms with van der Waals surface area (Å²) < 4.78 is 19.2. The molecular formula is C20H19FN2O2S. The van der Waals surface area contributed by atoms with E-state index < -0.39 is 0 Å². The Kier molecular flexibility index (Phi) is 6.33. The highest BCUT2D eigenvalue weighted by atomic mass is 32.1. The molecule has 2 aromatic carbocycles. The van der Waals surface area contributed by atoms with Crippen molar-refractivity contribution < 1.29 is 13.9 Å². The van der Waals surface area contributed by atoms with Gasteiger partial charge in [0.15, 0.2) is 0 Å². The van der Waals surface area contributed by atoms with Gasteiger partial charge in [0.05, 0.1) is 12.1 Å². The van der Waals surface area contributed by atoms with Crippen molar-refractivity contribution in [2.24, 2.45) is 0 Å². The second kappa shape index (κ2) is 9.10. The predicted molar refractivity (Wildman–Crippen MR) is 99.7 cm³/mol. The fourth-order valence-electron chi connectivity index (χ4n) is 2.42. The number of hydrogen-bond donors (Lipinski definition) is 1. The Bertz CT molecular complexity index is 852. The van der Waals surface area contributed by atoms with E-state index >= 15 is 0 Å². The van der Waals surface area contributed by atoms with E-state index in [9.17, 15) is 9.18 Å². The fourth-order valence-corrected chi connectivity index (χ4v) is 3.13. The standard InChI is InChI=1S/C20H19FN2O2S/c21-18-9-5-4-6-15(18)10-11-22-19(24)12-16-14-26-20(23-16)13-25-17-7-2-1-3-8-17/h1-9,14H,10-13H2,(H,22,24). The van der Waals surface area contributed by atoms with Gasteiger partial charge in [-0.15, -0.1) is 11.3 Å². The van der Waals surface area contributed by atoms with Gasteiger partial charge in [-0.2, -0.15) is 0 Å². The molecule has 4 nitrogen and oxygen atoms in total. The van der Waals surface area contributed by atoms with Gasteiger partial charge < -0.3 is 10.1 Å². The molecule has 0 bridgehead atoms. The van der Waals surface area contributed by atoms with Gasteiger partial charge in [0.25, 0.3) is 0 Å². The summed E-state index contributed by atoms with van der Waals surface area (Å²) in [6, 6.07) is 16.1. The number of amides is 1. The number of ether oxygens (including phenoxy) is 1. The molecule has 0 fully saturated rings.